The van der Waals surface area contributed by atoms with Crippen molar-refractivity contribution in [2.75, 3.05) is 26.2 Å². The van der Waals surface area contributed by atoms with Gasteiger partial charge in [-0.15, -0.1) is 0 Å². The third-order valence-electron chi connectivity index (χ3n) is 8.53. The monoisotopic (exact) mass is 454 g/mol. The van der Waals surface area contributed by atoms with Gasteiger partial charge in [0.15, 0.2) is 18.2 Å². The molecule has 5 fully saturated rings. The maximum atomic E-state index is 6.48. The summed E-state index contributed by atoms with van der Waals surface area (Å²) in [6, 6.07) is 1.11. The molecule has 7 nitrogen and oxygen atoms in total. The lowest BCUT2D eigenvalue weighted by atomic mass is 9.58. The van der Waals surface area contributed by atoms with Crippen LogP contribution in [0.2, 0.25) is 0 Å². The van der Waals surface area contributed by atoms with Crippen LogP contribution in [0.5, 0.6) is 0 Å². The maximum Gasteiger partial charge on any atom is 0.201 e. The van der Waals surface area contributed by atoms with E-state index in [1.165, 1.54) is 6.42 Å². The normalized spacial score (nSPS) is 43.7. The minimum atomic E-state index is -0.733. The Hall–Kier alpha value is -0.280. The van der Waals surface area contributed by atoms with Crippen LogP contribution in [0.4, 0.5) is 0 Å². The largest absolute Gasteiger partial charge is 0.351 e. The molecular formula is C25H46N2O5. The van der Waals surface area contributed by atoms with Crippen molar-refractivity contribution in [2.24, 2.45) is 23.7 Å². The summed E-state index contributed by atoms with van der Waals surface area (Å²) < 4.78 is 19.1. The van der Waals surface area contributed by atoms with E-state index in [0.29, 0.717) is 36.4 Å². The minimum Gasteiger partial charge on any atom is -0.351 e. The zero-order valence-corrected chi connectivity index (χ0v) is 21.3. The molecule has 8 atom stereocenters. The van der Waals surface area contributed by atoms with E-state index in [4.69, 9.17) is 24.0 Å². The topological polar surface area (TPSA) is 61.4 Å². The van der Waals surface area contributed by atoms with Crippen LogP contribution in [0.1, 0.15) is 74.1 Å². The van der Waals surface area contributed by atoms with Gasteiger partial charge in [0, 0.05) is 50.0 Å². The highest BCUT2D eigenvalue weighted by atomic mass is 17.3. The van der Waals surface area contributed by atoms with Crippen molar-refractivity contribution in [3.05, 3.63) is 0 Å². The fourth-order valence-corrected chi connectivity index (χ4v) is 6.76. The van der Waals surface area contributed by atoms with Crippen molar-refractivity contribution < 1.29 is 24.0 Å². The lowest BCUT2D eigenvalue weighted by Gasteiger charge is -2.60. The Morgan fingerprint density at radius 3 is 2.47 bits per heavy atom. The molecular weight excluding hydrogens is 408 g/mol. The summed E-state index contributed by atoms with van der Waals surface area (Å²) in [5, 5.41) is 3.53. The third-order valence-corrected chi connectivity index (χ3v) is 8.53. The Morgan fingerprint density at radius 2 is 1.75 bits per heavy atom. The van der Waals surface area contributed by atoms with E-state index in [0.717, 1.165) is 38.9 Å². The fraction of sp³-hybridized carbons (Fsp3) is 1.00. The average molecular weight is 455 g/mol. The van der Waals surface area contributed by atoms with Crippen LogP contribution >= 0.6 is 0 Å². The van der Waals surface area contributed by atoms with Crippen molar-refractivity contribution in [3.63, 3.8) is 0 Å². The molecule has 186 valence electrons. The predicted octanol–water partition coefficient (Wildman–Crippen LogP) is 3.92. The van der Waals surface area contributed by atoms with Gasteiger partial charge in [0.05, 0.1) is 6.61 Å². The molecule has 1 spiro atoms. The first-order valence-corrected chi connectivity index (χ1v) is 13.0. The van der Waals surface area contributed by atoms with Gasteiger partial charge in [-0.25, -0.2) is 9.78 Å². The standard InChI is InChI=1S/C25H46N2O5/c1-16(2)27(17(3)4)14-12-26-13-15-28-22-19(6)21-9-8-18(5)20-10-11-24(7)30-23(29-22)25(20,21)32-31-24/h16-23,26H,8-15H2,1-7H3/t18-,19-,20+,21+,22+,23-,24-,25-/m1/s1. The summed E-state index contributed by atoms with van der Waals surface area (Å²) in [7, 11) is 0. The molecule has 0 radical (unpaired) electrons. The summed E-state index contributed by atoms with van der Waals surface area (Å²) >= 11 is 0. The van der Waals surface area contributed by atoms with Crippen LogP contribution < -0.4 is 5.32 Å². The average Bonchev–Trinajstić information content (AvgIpc) is 2.96. The molecule has 4 aliphatic heterocycles. The van der Waals surface area contributed by atoms with E-state index in [2.05, 4.69) is 51.8 Å². The summed E-state index contributed by atoms with van der Waals surface area (Å²) in [6.07, 6.45) is 3.50. The second-order valence-corrected chi connectivity index (χ2v) is 11.3. The molecule has 1 aliphatic carbocycles. The highest BCUT2D eigenvalue weighted by Gasteiger charge is 2.69. The molecule has 7 heteroatoms. The van der Waals surface area contributed by atoms with Gasteiger partial charge in [0.2, 0.25) is 5.79 Å². The third kappa shape index (κ3) is 4.51. The lowest BCUT2D eigenvalue weighted by Crippen LogP contribution is -2.70. The van der Waals surface area contributed by atoms with Gasteiger partial charge in [0.1, 0.15) is 0 Å². The summed E-state index contributed by atoms with van der Waals surface area (Å²) in [4.78, 5) is 14.6. The quantitative estimate of drug-likeness (QED) is 0.418. The number of hydrogen-bond donors (Lipinski definition) is 1. The van der Waals surface area contributed by atoms with Gasteiger partial charge in [-0.2, -0.15) is 0 Å². The second-order valence-electron chi connectivity index (χ2n) is 11.3. The molecule has 0 aromatic rings. The maximum absolute atomic E-state index is 6.48. The Kier molecular flexibility index (Phi) is 7.58. The molecule has 5 rings (SSSR count). The van der Waals surface area contributed by atoms with Crippen molar-refractivity contribution in [1.29, 1.82) is 0 Å². The molecule has 5 aliphatic rings. The minimum absolute atomic E-state index is 0.230. The number of hydrogen-bond acceptors (Lipinski definition) is 7. The van der Waals surface area contributed by atoms with Crippen LogP contribution in [0.15, 0.2) is 0 Å². The molecule has 0 aromatic carbocycles. The first-order chi connectivity index (χ1) is 15.2. The lowest BCUT2D eigenvalue weighted by molar-refractivity contribution is -0.577. The summed E-state index contributed by atoms with van der Waals surface area (Å²) in [5.41, 5.74) is -0.512. The second kappa shape index (κ2) is 9.76. The summed E-state index contributed by atoms with van der Waals surface area (Å²) in [5.74, 6) is 0.783. The predicted molar refractivity (Wildman–Crippen MR) is 123 cm³/mol. The van der Waals surface area contributed by atoms with Crippen LogP contribution in [0.25, 0.3) is 0 Å². The zero-order chi connectivity index (χ0) is 23.1. The molecule has 0 aromatic heterocycles. The molecule has 1 N–H and O–H groups in total. The molecule has 0 unspecified atom stereocenters. The molecule has 4 heterocycles. The first kappa shape index (κ1) is 24.8. The van der Waals surface area contributed by atoms with Crippen LogP contribution in [0, 0.1) is 23.7 Å². The van der Waals surface area contributed by atoms with E-state index in [9.17, 15) is 0 Å². The van der Waals surface area contributed by atoms with Gasteiger partial charge in [0.25, 0.3) is 0 Å². The van der Waals surface area contributed by atoms with E-state index < -0.39 is 17.7 Å². The van der Waals surface area contributed by atoms with Crippen molar-refractivity contribution in [1.82, 2.24) is 10.2 Å². The highest BCUT2D eigenvalue weighted by Crippen LogP contribution is 2.60. The smallest absolute Gasteiger partial charge is 0.201 e. The van der Waals surface area contributed by atoms with E-state index >= 15 is 0 Å². The SMILES string of the molecule is CC(C)N(CCNCCO[C@H]1O[C@@H]2O[C@@]3(C)CC[C@H]4[C@H](C)CC[C@@H]([C@H]1C)[C@@]24OO3)C(C)C. The van der Waals surface area contributed by atoms with Gasteiger partial charge in [-0.05, 0) is 65.7 Å². The van der Waals surface area contributed by atoms with Crippen molar-refractivity contribution in [2.45, 2.75) is 110 Å². The van der Waals surface area contributed by atoms with Gasteiger partial charge >= 0.3 is 0 Å². The van der Waals surface area contributed by atoms with Gasteiger partial charge < -0.3 is 19.5 Å². The molecule has 2 bridgehead atoms. The number of rotatable bonds is 9. The number of ether oxygens (including phenoxy) is 3. The Balaban J connectivity index is 1.33. The van der Waals surface area contributed by atoms with Crippen molar-refractivity contribution >= 4 is 0 Å². The Labute approximate surface area is 194 Å². The number of fused-ring (bicyclic) bond motifs is 2. The number of nitrogens with zero attached hydrogens (tertiary/aromatic N) is 1. The fourth-order valence-electron chi connectivity index (χ4n) is 6.76. The van der Waals surface area contributed by atoms with E-state index in [1.807, 2.05) is 6.92 Å². The van der Waals surface area contributed by atoms with Crippen molar-refractivity contribution in [3.8, 4) is 0 Å². The van der Waals surface area contributed by atoms with Crippen LogP contribution in [0.3, 0.4) is 0 Å². The van der Waals surface area contributed by atoms with Crippen LogP contribution in [-0.4, -0.2) is 67.2 Å². The zero-order valence-electron chi connectivity index (χ0n) is 21.3. The first-order valence-electron chi connectivity index (χ1n) is 13.0. The molecule has 0 amide bonds. The summed E-state index contributed by atoms with van der Waals surface area (Å²) in [6.45, 7) is 19.0. The number of nitrogens with one attached hydrogen (secondary N) is 1. The molecule has 32 heavy (non-hydrogen) atoms. The van der Waals surface area contributed by atoms with E-state index in [1.54, 1.807) is 0 Å². The van der Waals surface area contributed by atoms with Gasteiger partial charge in [-0.3, -0.25) is 4.90 Å². The molecule has 4 saturated heterocycles. The van der Waals surface area contributed by atoms with Gasteiger partial charge in [-0.1, -0.05) is 13.8 Å². The van der Waals surface area contributed by atoms with E-state index in [-0.39, 0.29) is 12.2 Å². The van der Waals surface area contributed by atoms with Crippen LogP contribution in [-0.2, 0) is 24.0 Å². The highest BCUT2D eigenvalue weighted by molar-refractivity contribution is 5.09. The Bertz CT molecular complexity index is 625. The molecule has 1 saturated carbocycles. The Morgan fingerprint density at radius 1 is 1.00 bits per heavy atom.